The van der Waals surface area contributed by atoms with Gasteiger partial charge in [-0.05, 0) is 54.3 Å². The average Bonchev–Trinajstić information content (AvgIpc) is 3.38. The summed E-state index contributed by atoms with van der Waals surface area (Å²) in [6, 6.07) is 14.3. The van der Waals surface area contributed by atoms with E-state index in [4.69, 9.17) is 0 Å². The van der Waals surface area contributed by atoms with Gasteiger partial charge in [0.25, 0.3) is 5.91 Å². The van der Waals surface area contributed by atoms with Crippen molar-refractivity contribution in [2.75, 3.05) is 26.2 Å². The van der Waals surface area contributed by atoms with Crippen LogP contribution < -0.4 is 0 Å². The zero-order valence-electron chi connectivity index (χ0n) is 18.3. The smallest absolute Gasteiger partial charge is 0.253 e. The lowest BCUT2D eigenvalue weighted by Gasteiger charge is -2.34. The molecular weight excluding hydrogens is 426 g/mol. The zero-order chi connectivity index (χ0) is 22.7. The van der Waals surface area contributed by atoms with Gasteiger partial charge in [-0.1, -0.05) is 26.0 Å². The van der Waals surface area contributed by atoms with Crippen LogP contribution in [0, 0.1) is 0 Å². The van der Waals surface area contributed by atoms with Gasteiger partial charge in [-0.15, -0.1) is 0 Å². The Hall–Kier alpha value is -3.04. The molecule has 0 saturated carbocycles. The molecule has 0 aliphatic carbocycles. The van der Waals surface area contributed by atoms with Crippen molar-refractivity contribution in [3.05, 3.63) is 72.3 Å². The normalized spacial score (nSPS) is 16.1. The van der Waals surface area contributed by atoms with E-state index in [1.165, 1.54) is 10.6 Å². The molecule has 2 aromatic carbocycles. The summed E-state index contributed by atoms with van der Waals surface area (Å²) in [6.45, 7) is 5.50. The standard InChI is InChI=1S/C23H27N5O3S/c1-3-18(2)19-6-10-22(11-7-19)32(30,31)27-14-12-26(13-15-27)23(29)20-4-8-21(9-5-20)28-17-24-16-25-28/h4-11,16-18H,3,12-15H2,1-2H3/t18-/m0/s1. The summed E-state index contributed by atoms with van der Waals surface area (Å²) < 4.78 is 29.2. The van der Waals surface area contributed by atoms with Gasteiger partial charge in [0.05, 0.1) is 10.6 Å². The van der Waals surface area contributed by atoms with Gasteiger partial charge in [-0.3, -0.25) is 4.79 Å². The second-order valence-corrected chi connectivity index (χ2v) is 9.90. The van der Waals surface area contributed by atoms with Crippen molar-refractivity contribution in [2.24, 2.45) is 0 Å². The second kappa shape index (κ2) is 9.22. The van der Waals surface area contributed by atoms with Crippen molar-refractivity contribution in [3.8, 4) is 5.69 Å². The van der Waals surface area contributed by atoms with Gasteiger partial charge >= 0.3 is 0 Å². The summed E-state index contributed by atoms with van der Waals surface area (Å²) in [5.74, 6) is 0.289. The van der Waals surface area contributed by atoms with Gasteiger partial charge in [-0.2, -0.15) is 9.40 Å². The van der Waals surface area contributed by atoms with Crippen molar-refractivity contribution in [1.82, 2.24) is 24.0 Å². The van der Waals surface area contributed by atoms with Gasteiger partial charge in [0, 0.05) is 31.7 Å². The quantitative estimate of drug-likeness (QED) is 0.573. The highest BCUT2D eigenvalue weighted by atomic mass is 32.2. The highest BCUT2D eigenvalue weighted by Crippen LogP contribution is 2.23. The van der Waals surface area contributed by atoms with Crippen LogP contribution in [-0.2, 0) is 10.0 Å². The minimum absolute atomic E-state index is 0.106. The Morgan fingerprint density at radius 3 is 2.22 bits per heavy atom. The van der Waals surface area contributed by atoms with Crippen LogP contribution in [0.15, 0.2) is 66.1 Å². The fraction of sp³-hybridized carbons (Fsp3) is 0.348. The minimum Gasteiger partial charge on any atom is -0.336 e. The average molecular weight is 454 g/mol. The van der Waals surface area contributed by atoms with Crippen LogP contribution in [0.5, 0.6) is 0 Å². The van der Waals surface area contributed by atoms with E-state index in [0.29, 0.717) is 29.5 Å². The van der Waals surface area contributed by atoms with E-state index in [9.17, 15) is 13.2 Å². The molecule has 1 aromatic heterocycles. The van der Waals surface area contributed by atoms with E-state index in [1.807, 2.05) is 24.3 Å². The molecule has 2 heterocycles. The predicted octanol–water partition coefficient (Wildman–Crippen LogP) is 2.93. The third-order valence-corrected chi connectivity index (χ3v) is 7.94. The lowest BCUT2D eigenvalue weighted by Crippen LogP contribution is -2.50. The minimum atomic E-state index is -3.58. The second-order valence-electron chi connectivity index (χ2n) is 7.96. The first kappa shape index (κ1) is 22.2. The lowest BCUT2D eigenvalue weighted by molar-refractivity contribution is 0.0698. The number of carbonyl (C=O) groups excluding carboxylic acids is 1. The Morgan fingerprint density at radius 2 is 1.66 bits per heavy atom. The first-order valence-electron chi connectivity index (χ1n) is 10.7. The Balaban J connectivity index is 1.39. The molecule has 0 unspecified atom stereocenters. The predicted molar refractivity (Wildman–Crippen MR) is 121 cm³/mol. The maximum atomic E-state index is 13.0. The first-order chi connectivity index (χ1) is 15.4. The van der Waals surface area contributed by atoms with Crippen molar-refractivity contribution in [2.45, 2.75) is 31.1 Å². The van der Waals surface area contributed by atoms with Gasteiger partial charge in [0.2, 0.25) is 10.0 Å². The van der Waals surface area contributed by atoms with E-state index in [1.54, 1.807) is 40.2 Å². The van der Waals surface area contributed by atoms with E-state index in [-0.39, 0.29) is 19.0 Å². The molecule has 32 heavy (non-hydrogen) atoms. The molecule has 1 aliphatic heterocycles. The maximum Gasteiger partial charge on any atom is 0.253 e. The van der Waals surface area contributed by atoms with Crippen molar-refractivity contribution in [1.29, 1.82) is 0 Å². The molecule has 0 N–H and O–H groups in total. The molecule has 1 atom stereocenters. The molecule has 1 saturated heterocycles. The molecule has 168 valence electrons. The number of piperazine rings is 1. The van der Waals surface area contributed by atoms with Gasteiger partial charge in [0.1, 0.15) is 12.7 Å². The van der Waals surface area contributed by atoms with Crippen LogP contribution >= 0.6 is 0 Å². The summed E-state index contributed by atoms with van der Waals surface area (Å²) >= 11 is 0. The molecular formula is C23H27N5O3S. The SMILES string of the molecule is CC[C@H](C)c1ccc(S(=O)(=O)N2CCN(C(=O)c3ccc(-n4cncn4)cc3)CC2)cc1. The van der Waals surface area contributed by atoms with E-state index in [0.717, 1.165) is 17.7 Å². The maximum absolute atomic E-state index is 13.0. The van der Waals surface area contributed by atoms with Crippen LogP contribution in [0.2, 0.25) is 0 Å². The van der Waals surface area contributed by atoms with Crippen molar-refractivity contribution in [3.63, 3.8) is 0 Å². The third kappa shape index (κ3) is 4.44. The molecule has 1 fully saturated rings. The summed E-state index contributed by atoms with van der Waals surface area (Å²) in [6.07, 6.45) is 4.05. The molecule has 0 radical (unpaired) electrons. The monoisotopic (exact) mass is 453 g/mol. The lowest BCUT2D eigenvalue weighted by atomic mass is 9.99. The number of carbonyl (C=O) groups is 1. The number of aromatic nitrogens is 3. The van der Waals surface area contributed by atoms with Gasteiger partial charge < -0.3 is 4.90 Å². The number of hydrogen-bond acceptors (Lipinski definition) is 5. The van der Waals surface area contributed by atoms with E-state index < -0.39 is 10.0 Å². The van der Waals surface area contributed by atoms with E-state index >= 15 is 0 Å². The topological polar surface area (TPSA) is 88.4 Å². The van der Waals surface area contributed by atoms with Crippen molar-refractivity contribution >= 4 is 15.9 Å². The summed E-state index contributed by atoms with van der Waals surface area (Å²) in [5, 5.41) is 4.07. The molecule has 1 aliphatic rings. The number of amides is 1. The number of nitrogens with zero attached hydrogens (tertiary/aromatic N) is 5. The molecule has 9 heteroatoms. The molecule has 4 rings (SSSR count). The third-order valence-electron chi connectivity index (χ3n) is 6.02. The highest BCUT2D eigenvalue weighted by Gasteiger charge is 2.30. The Labute approximate surface area is 188 Å². The Kier molecular flexibility index (Phi) is 6.38. The molecule has 8 nitrogen and oxygen atoms in total. The molecule has 0 bridgehead atoms. The molecule has 3 aromatic rings. The Morgan fingerprint density at radius 1 is 1.00 bits per heavy atom. The number of rotatable bonds is 6. The van der Waals surface area contributed by atoms with Crippen LogP contribution in [0.4, 0.5) is 0 Å². The van der Waals surface area contributed by atoms with Crippen LogP contribution in [0.25, 0.3) is 5.69 Å². The van der Waals surface area contributed by atoms with Crippen molar-refractivity contribution < 1.29 is 13.2 Å². The number of sulfonamides is 1. The number of hydrogen-bond donors (Lipinski definition) is 0. The highest BCUT2D eigenvalue weighted by molar-refractivity contribution is 7.89. The zero-order valence-corrected chi connectivity index (χ0v) is 19.1. The Bertz CT molecular complexity index is 1150. The summed E-state index contributed by atoms with van der Waals surface area (Å²) in [5.41, 5.74) is 2.51. The summed E-state index contributed by atoms with van der Waals surface area (Å²) in [7, 11) is -3.58. The summed E-state index contributed by atoms with van der Waals surface area (Å²) in [4.78, 5) is 18.8. The largest absolute Gasteiger partial charge is 0.336 e. The van der Waals surface area contributed by atoms with Gasteiger partial charge in [-0.25, -0.2) is 18.1 Å². The van der Waals surface area contributed by atoms with Crippen LogP contribution in [0.1, 0.15) is 42.1 Å². The van der Waals surface area contributed by atoms with Gasteiger partial charge in [0.15, 0.2) is 0 Å². The molecule has 0 spiro atoms. The van der Waals surface area contributed by atoms with Crippen LogP contribution in [-0.4, -0.2) is 64.5 Å². The fourth-order valence-corrected chi connectivity index (χ4v) is 5.19. The number of benzene rings is 2. The fourth-order valence-electron chi connectivity index (χ4n) is 3.77. The molecule has 1 amide bonds. The first-order valence-corrected chi connectivity index (χ1v) is 12.2. The van der Waals surface area contributed by atoms with E-state index in [2.05, 4.69) is 23.9 Å². The van der Waals surface area contributed by atoms with Crippen LogP contribution in [0.3, 0.4) is 0 Å².